The zero-order valence-corrected chi connectivity index (χ0v) is 7.28. The quantitative estimate of drug-likeness (QED) is 0.474. The summed E-state index contributed by atoms with van der Waals surface area (Å²) in [6.45, 7) is 0. The van der Waals surface area contributed by atoms with Crippen LogP contribution >= 0.6 is 58.7 Å². The van der Waals surface area contributed by atoms with E-state index in [4.69, 9.17) is 0 Å². The van der Waals surface area contributed by atoms with E-state index in [0.29, 0.717) is 0 Å². The number of rotatable bonds is 0. The monoisotopic (exact) mass is 302 g/mol. The third-order valence-electron chi connectivity index (χ3n) is 0. The van der Waals surface area contributed by atoms with Gasteiger partial charge in [-0.3, -0.25) is 0 Å². The molecule has 0 atom stereocenters. The highest BCUT2D eigenvalue weighted by Gasteiger charge is 1.40. The zero-order chi connectivity index (χ0) is 2.71. The minimum Gasteiger partial charge on any atom is -0.197 e. The van der Waals surface area contributed by atoms with Gasteiger partial charge in [0.05, 0.1) is 2.43 Å². The van der Waals surface area contributed by atoms with Crippen molar-refractivity contribution in [2.24, 2.45) is 0 Å². The molecule has 3 heteroatoms. The van der Waals surface area contributed by atoms with Gasteiger partial charge >= 0.3 is 0 Å². The first-order valence-electron chi connectivity index (χ1n) is 0.535. The van der Waals surface area contributed by atoms with Crippen molar-refractivity contribution in [1.29, 1.82) is 0 Å². The van der Waals surface area contributed by atoms with Gasteiger partial charge in [0.15, 0.2) is 0 Å². The third kappa shape index (κ3) is 9.18. The Morgan fingerprint density at radius 3 is 1.25 bits per heavy atom. The largest absolute Gasteiger partial charge is 0.197 e. The average Bonchev–Trinajstić information content (AvgIpc) is 0.918. The van der Waals surface area contributed by atoms with Gasteiger partial charge in [-0.25, -0.2) is 0 Å². The predicted molar refractivity (Wildman–Crippen MR) is 43.3 cm³/mol. The first-order valence-corrected chi connectivity index (χ1v) is 3.59. The van der Waals surface area contributed by atoms with Crippen LogP contribution in [0.4, 0.5) is 0 Å². The highest BCUT2D eigenvalue weighted by Crippen LogP contribution is 1.86. The van der Waals surface area contributed by atoms with Gasteiger partial charge in [0.2, 0.25) is 0 Å². The Morgan fingerprint density at radius 2 is 1.25 bits per heavy atom. The highest BCUT2D eigenvalue weighted by molar-refractivity contribution is 14.2. The molecular weight excluding hydrogens is 298 g/mol. The van der Waals surface area contributed by atoms with E-state index < -0.39 is 0 Å². The van der Waals surface area contributed by atoms with Crippen LogP contribution in [-0.4, -0.2) is 2.43 Å². The summed E-state index contributed by atoms with van der Waals surface area (Å²) in [7, 11) is 0. The van der Waals surface area contributed by atoms with Crippen molar-refractivity contribution in [2.45, 2.75) is 0 Å². The minimum absolute atomic E-state index is 0. The van der Waals surface area contributed by atoms with Crippen LogP contribution in [0.25, 0.3) is 0 Å². The summed E-state index contributed by atoms with van der Waals surface area (Å²) in [4.78, 5) is 0. The molecule has 0 aliphatic rings. The van der Waals surface area contributed by atoms with Crippen LogP contribution in [0, 0.1) is 0 Å². The SMILES string of the molecule is ICI.S. The zero-order valence-electron chi connectivity index (χ0n) is 1.96. The lowest BCUT2D eigenvalue weighted by atomic mass is 12.0. The second-order valence-electron chi connectivity index (χ2n) is 0.101. The van der Waals surface area contributed by atoms with Crippen LogP contribution in [-0.2, 0) is 0 Å². The van der Waals surface area contributed by atoms with Crippen molar-refractivity contribution < 1.29 is 0 Å². The second-order valence-corrected chi connectivity index (χ2v) is 4.55. The summed E-state index contributed by atoms with van der Waals surface area (Å²) in [6, 6.07) is 0. The molecular formula is CH4I2S. The molecule has 0 aliphatic heterocycles. The maximum atomic E-state index is 2.28. The molecule has 0 saturated heterocycles. The van der Waals surface area contributed by atoms with Crippen LogP contribution < -0.4 is 0 Å². The molecule has 0 aliphatic carbocycles. The Labute approximate surface area is 60.5 Å². The topological polar surface area (TPSA) is 0 Å². The van der Waals surface area contributed by atoms with Crippen LogP contribution in [0.5, 0.6) is 0 Å². The van der Waals surface area contributed by atoms with Crippen LogP contribution in [0.15, 0.2) is 0 Å². The van der Waals surface area contributed by atoms with E-state index in [9.17, 15) is 0 Å². The third-order valence-corrected chi connectivity index (χ3v) is 0. The van der Waals surface area contributed by atoms with Gasteiger partial charge < -0.3 is 0 Å². The summed E-state index contributed by atoms with van der Waals surface area (Å²) < 4.78 is 1.19. The first-order chi connectivity index (χ1) is 1.41. The average molecular weight is 302 g/mol. The lowest BCUT2D eigenvalue weighted by Gasteiger charge is -1.43. The molecule has 0 N–H and O–H groups in total. The van der Waals surface area contributed by atoms with Gasteiger partial charge in [-0.05, 0) is 0 Å². The summed E-state index contributed by atoms with van der Waals surface area (Å²) in [5.74, 6) is 0. The molecule has 0 heterocycles. The van der Waals surface area contributed by atoms with Crippen LogP contribution in [0.3, 0.4) is 0 Å². The van der Waals surface area contributed by atoms with E-state index in [1.165, 1.54) is 2.43 Å². The van der Waals surface area contributed by atoms with E-state index >= 15 is 0 Å². The molecule has 0 saturated carbocycles. The van der Waals surface area contributed by atoms with Crippen molar-refractivity contribution in [3.8, 4) is 0 Å². The molecule has 0 radical (unpaired) electrons. The molecule has 0 bridgehead atoms. The van der Waals surface area contributed by atoms with E-state index in [0.717, 1.165) is 0 Å². The summed E-state index contributed by atoms with van der Waals surface area (Å²) in [6.07, 6.45) is 0. The standard InChI is InChI=1S/CH2I2.H2S/c2-1-3;/h1H2;1H2. The van der Waals surface area contributed by atoms with Crippen molar-refractivity contribution in [3.05, 3.63) is 0 Å². The number of halogens is 2. The normalized spacial score (nSPS) is 4.50. The van der Waals surface area contributed by atoms with Crippen molar-refractivity contribution in [3.63, 3.8) is 0 Å². The van der Waals surface area contributed by atoms with Crippen LogP contribution in [0.1, 0.15) is 0 Å². The predicted octanol–water partition coefficient (Wildman–Crippen LogP) is 1.93. The molecule has 0 fully saturated rings. The van der Waals surface area contributed by atoms with Crippen molar-refractivity contribution in [1.82, 2.24) is 0 Å². The van der Waals surface area contributed by atoms with Crippen LogP contribution in [0.2, 0.25) is 0 Å². The number of alkyl halides is 2. The Bertz CT molecular complexity index is 6.00. The fourth-order valence-corrected chi connectivity index (χ4v) is 0. The molecule has 0 aromatic rings. The van der Waals surface area contributed by atoms with Gasteiger partial charge in [-0.15, -0.1) is 0 Å². The van der Waals surface area contributed by atoms with E-state index in [-0.39, 0.29) is 13.5 Å². The van der Waals surface area contributed by atoms with Gasteiger partial charge in [0.25, 0.3) is 0 Å². The lowest BCUT2D eigenvalue weighted by Crippen LogP contribution is -1.17. The Hall–Kier alpha value is 1.81. The molecule has 0 spiro atoms. The molecule has 0 unspecified atom stereocenters. The summed E-state index contributed by atoms with van der Waals surface area (Å²) in [5, 5.41) is 0. The number of hydrogen-bond donors (Lipinski definition) is 0. The Balaban J connectivity index is 0. The second kappa shape index (κ2) is 8.84. The molecule has 0 nitrogen and oxygen atoms in total. The summed E-state index contributed by atoms with van der Waals surface area (Å²) in [5.41, 5.74) is 0. The summed E-state index contributed by atoms with van der Waals surface area (Å²) >= 11 is 4.55. The number of hydrogen-bond acceptors (Lipinski definition) is 0. The maximum Gasteiger partial charge on any atom is 0.0516 e. The molecule has 0 aromatic carbocycles. The molecule has 4 heavy (non-hydrogen) atoms. The molecule has 0 rings (SSSR count). The van der Waals surface area contributed by atoms with E-state index in [2.05, 4.69) is 45.2 Å². The van der Waals surface area contributed by atoms with Gasteiger partial charge in [-0.2, -0.15) is 13.5 Å². The Kier molecular flexibility index (Phi) is 20.5. The maximum absolute atomic E-state index is 2.28. The van der Waals surface area contributed by atoms with Crippen molar-refractivity contribution in [2.75, 3.05) is 2.43 Å². The highest BCUT2D eigenvalue weighted by atomic mass is 127. The van der Waals surface area contributed by atoms with E-state index in [1.54, 1.807) is 0 Å². The molecule has 0 aromatic heterocycles. The fourth-order valence-electron chi connectivity index (χ4n) is 0. The lowest BCUT2D eigenvalue weighted by molar-refractivity contribution is 2.58. The smallest absolute Gasteiger partial charge is 0.0516 e. The van der Waals surface area contributed by atoms with E-state index in [1.807, 2.05) is 0 Å². The van der Waals surface area contributed by atoms with Gasteiger partial charge in [0, 0.05) is 0 Å². The fraction of sp³-hybridized carbons (Fsp3) is 1.00. The molecule has 0 amide bonds. The van der Waals surface area contributed by atoms with Gasteiger partial charge in [0.1, 0.15) is 0 Å². The molecule has 28 valence electrons. The first kappa shape index (κ1) is 9.26. The minimum atomic E-state index is 0. The van der Waals surface area contributed by atoms with Crippen molar-refractivity contribution >= 4 is 58.7 Å². The Morgan fingerprint density at radius 1 is 1.25 bits per heavy atom. The van der Waals surface area contributed by atoms with Gasteiger partial charge in [-0.1, -0.05) is 45.2 Å².